The second-order valence-corrected chi connectivity index (χ2v) is 8.15. The molecule has 1 N–H and O–H groups in total. The van der Waals surface area contributed by atoms with Crippen molar-refractivity contribution in [1.82, 2.24) is 5.32 Å². The first kappa shape index (κ1) is 19.7. The average Bonchev–Trinajstić information content (AvgIpc) is 2.65. The van der Waals surface area contributed by atoms with Gasteiger partial charge in [0.25, 0.3) is 15.9 Å². The Hall–Kier alpha value is -2.60. The predicted octanol–water partition coefficient (Wildman–Crippen LogP) is 3.45. The highest BCUT2D eigenvalue weighted by atomic mass is 32.2. The quantitative estimate of drug-likeness (QED) is 0.722. The number of carbonyl (C=O) groups excluding carboxylic acids is 1. The number of anilines is 1. The summed E-state index contributed by atoms with van der Waals surface area (Å²) in [6, 6.07) is 14.8. The van der Waals surface area contributed by atoms with Crippen LogP contribution in [0.25, 0.3) is 0 Å². The molecule has 0 aliphatic heterocycles. The van der Waals surface area contributed by atoms with Crippen LogP contribution in [-0.4, -0.2) is 27.4 Å². The van der Waals surface area contributed by atoms with Crippen molar-refractivity contribution in [3.05, 3.63) is 72.8 Å². The summed E-state index contributed by atoms with van der Waals surface area (Å²) in [5.74, 6) is 0.184. The van der Waals surface area contributed by atoms with Gasteiger partial charge in [-0.25, -0.2) is 8.42 Å². The number of nitrogens with zero attached hydrogens (tertiary/aromatic N) is 1. The Morgan fingerprint density at radius 2 is 1.73 bits per heavy atom. The number of amides is 1. The minimum atomic E-state index is -3.71. The van der Waals surface area contributed by atoms with E-state index in [0.717, 1.165) is 0 Å². The van der Waals surface area contributed by atoms with Crippen LogP contribution in [0.4, 0.5) is 5.69 Å². The van der Waals surface area contributed by atoms with Crippen molar-refractivity contribution < 1.29 is 13.2 Å². The van der Waals surface area contributed by atoms with Crippen molar-refractivity contribution in [3.63, 3.8) is 0 Å². The summed E-state index contributed by atoms with van der Waals surface area (Å²) >= 11 is 0. The van der Waals surface area contributed by atoms with Crippen molar-refractivity contribution in [2.45, 2.75) is 18.7 Å². The van der Waals surface area contributed by atoms with Crippen LogP contribution in [0.3, 0.4) is 0 Å². The van der Waals surface area contributed by atoms with Gasteiger partial charge in [-0.05, 0) is 42.3 Å². The van der Waals surface area contributed by atoms with E-state index in [9.17, 15) is 13.2 Å². The molecule has 138 valence electrons. The molecule has 0 saturated heterocycles. The third-order valence-corrected chi connectivity index (χ3v) is 5.52. The van der Waals surface area contributed by atoms with E-state index in [1.165, 1.54) is 10.4 Å². The number of carbonyl (C=O) groups is 1. The second-order valence-electron chi connectivity index (χ2n) is 6.29. The molecule has 26 heavy (non-hydrogen) atoms. The van der Waals surface area contributed by atoms with Crippen molar-refractivity contribution in [2.75, 3.05) is 17.4 Å². The molecule has 0 aliphatic carbocycles. The fourth-order valence-corrected chi connectivity index (χ4v) is 3.81. The third-order valence-electron chi connectivity index (χ3n) is 3.71. The molecule has 0 fully saturated rings. The van der Waals surface area contributed by atoms with Gasteiger partial charge in [0, 0.05) is 12.1 Å². The molecule has 0 unspecified atom stereocenters. The van der Waals surface area contributed by atoms with E-state index in [1.54, 1.807) is 54.6 Å². The smallest absolute Gasteiger partial charge is 0.264 e. The highest BCUT2D eigenvalue weighted by molar-refractivity contribution is 7.92. The van der Waals surface area contributed by atoms with Crippen LogP contribution in [0.2, 0.25) is 0 Å². The molecule has 5 nitrogen and oxygen atoms in total. The maximum Gasteiger partial charge on any atom is 0.264 e. The maximum atomic E-state index is 12.9. The zero-order valence-electron chi connectivity index (χ0n) is 15.1. The summed E-state index contributed by atoms with van der Waals surface area (Å²) in [5, 5.41) is 2.84. The Labute approximate surface area is 155 Å². The van der Waals surface area contributed by atoms with Crippen LogP contribution in [0, 0.1) is 5.92 Å². The number of nitrogens with one attached hydrogen (secondary N) is 1. The van der Waals surface area contributed by atoms with Crippen LogP contribution in [0.1, 0.15) is 24.2 Å². The van der Waals surface area contributed by atoms with Gasteiger partial charge in [0.2, 0.25) is 0 Å². The van der Waals surface area contributed by atoms with E-state index < -0.39 is 10.0 Å². The summed E-state index contributed by atoms with van der Waals surface area (Å²) in [5.41, 5.74) is 0.972. The molecular weight excluding hydrogens is 348 g/mol. The standard InChI is InChI=1S/C20H24N2O3S/c1-4-14-22(26(24,25)19-8-6-5-7-9-19)18-12-10-17(11-13-18)20(23)21-15-16(2)3/h4-13,16H,1,14-15H2,2-3H3,(H,21,23). The third kappa shape index (κ3) is 4.73. The normalized spacial score (nSPS) is 11.2. The molecule has 0 spiro atoms. The zero-order chi connectivity index (χ0) is 19.2. The summed E-state index contributed by atoms with van der Waals surface area (Å²) in [6.45, 7) is 8.41. The van der Waals surface area contributed by atoms with Gasteiger partial charge < -0.3 is 5.32 Å². The Bertz CT molecular complexity index is 844. The SMILES string of the molecule is C=CCN(c1ccc(C(=O)NCC(C)C)cc1)S(=O)(=O)c1ccccc1. The van der Waals surface area contributed by atoms with Crippen molar-refractivity contribution >= 4 is 21.6 Å². The molecular formula is C20H24N2O3S. The van der Waals surface area contributed by atoms with Crippen LogP contribution >= 0.6 is 0 Å². The Kier molecular flexibility index (Phi) is 6.58. The largest absolute Gasteiger partial charge is 0.352 e. The molecule has 0 heterocycles. The molecule has 2 aromatic rings. The molecule has 6 heteroatoms. The summed E-state index contributed by atoms with van der Waals surface area (Å²) in [6.07, 6.45) is 1.53. The maximum absolute atomic E-state index is 12.9. The van der Waals surface area contributed by atoms with E-state index in [1.807, 2.05) is 13.8 Å². The topological polar surface area (TPSA) is 66.5 Å². The van der Waals surface area contributed by atoms with Crippen molar-refractivity contribution in [3.8, 4) is 0 Å². The molecule has 0 atom stereocenters. The Balaban J connectivity index is 2.28. The lowest BCUT2D eigenvalue weighted by atomic mass is 10.1. The molecule has 0 bridgehead atoms. The lowest BCUT2D eigenvalue weighted by molar-refractivity contribution is 0.0949. The number of sulfonamides is 1. The first-order valence-corrected chi connectivity index (χ1v) is 9.87. The zero-order valence-corrected chi connectivity index (χ0v) is 15.9. The number of rotatable bonds is 8. The van der Waals surface area contributed by atoms with Gasteiger partial charge in [0.15, 0.2) is 0 Å². The minimum Gasteiger partial charge on any atom is -0.352 e. The Morgan fingerprint density at radius 3 is 2.27 bits per heavy atom. The van der Waals surface area contributed by atoms with Gasteiger partial charge in [0.1, 0.15) is 0 Å². The number of benzene rings is 2. The van der Waals surface area contributed by atoms with Gasteiger partial charge in [-0.1, -0.05) is 38.1 Å². The van der Waals surface area contributed by atoms with Gasteiger partial charge in [-0.15, -0.1) is 6.58 Å². The fraction of sp³-hybridized carbons (Fsp3) is 0.250. The lowest BCUT2D eigenvalue weighted by Crippen LogP contribution is -2.31. The first-order chi connectivity index (χ1) is 12.4. The molecule has 1 amide bonds. The predicted molar refractivity (Wildman–Crippen MR) is 105 cm³/mol. The van der Waals surface area contributed by atoms with Gasteiger partial charge in [0.05, 0.1) is 17.1 Å². The van der Waals surface area contributed by atoms with E-state index >= 15 is 0 Å². The van der Waals surface area contributed by atoms with Crippen molar-refractivity contribution in [1.29, 1.82) is 0 Å². The van der Waals surface area contributed by atoms with E-state index in [4.69, 9.17) is 0 Å². The van der Waals surface area contributed by atoms with Crippen LogP contribution < -0.4 is 9.62 Å². The fourth-order valence-electron chi connectivity index (χ4n) is 2.36. The summed E-state index contributed by atoms with van der Waals surface area (Å²) in [4.78, 5) is 12.3. The van der Waals surface area contributed by atoms with Crippen LogP contribution in [0.15, 0.2) is 72.1 Å². The Morgan fingerprint density at radius 1 is 1.12 bits per heavy atom. The average molecular weight is 372 g/mol. The van der Waals surface area contributed by atoms with Crippen LogP contribution in [-0.2, 0) is 10.0 Å². The van der Waals surface area contributed by atoms with E-state index in [-0.39, 0.29) is 17.3 Å². The van der Waals surface area contributed by atoms with Crippen LogP contribution in [0.5, 0.6) is 0 Å². The highest BCUT2D eigenvalue weighted by Crippen LogP contribution is 2.24. The van der Waals surface area contributed by atoms with E-state index in [2.05, 4.69) is 11.9 Å². The minimum absolute atomic E-state index is 0.135. The van der Waals surface area contributed by atoms with Gasteiger partial charge in [-0.3, -0.25) is 9.10 Å². The summed E-state index contributed by atoms with van der Waals surface area (Å²) in [7, 11) is -3.71. The molecule has 0 aromatic heterocycles. The second kappa shape index (κ2) is 8.67. The van der Waals surface area contributed by atoms with Gasteiger partial charge >= 0.3 is 0 Å². The monoisotopic (exact) mass is 372 g/mol. The molecule has 2 rings (SSSR count). The molecule has 0 radical (unpaired) electrons. The number of hydrogen-bond donors (Lipinski definition) is 1. The van der Waals surface area contributed by atoms with Gasteiger partial charge in [-0.2, -0.15) is 0 Å². The molecule has 0 aliphatic rings. The van der Waals surface area contributed by atoms with Crippen molar-refractivity contribution in [2.24, 2.45) is 5.92 Å². The number of hydrogen-bond acceptors (Lipinski definition) is 3. The molecule has 0 saturated carbocycles. The summed E-state index contributed by atoms with van der Waals surface area (Å²) < 4.78 is 27.1. The van der Waals surface area contributed by atoms with E-state index in [0.29, 0.717) is 23.7 Å². The lowest BCUT2D eigenvalue weighted by Gasteiger charge is -2.23. The first-order valence-electron chi connectivity index (χ1n) is 8.43. The highest BCUT2D eigenvalue weighted by Gasteiger charge is 2.23. The molecule has 2 aromatic carbocycles.